The van der Waals surface area contributed by atoms with Crippen molar-refractivity contribution in [2.24, 2.45) is 16.1 Å². The fraction of sp³-hybridized carbons (Fsp3) is 0.545. The fourth-order valence-corrected chi connectivity index (χ4v) is 1.58. The third-order valence-corrected chi connectivity index (χ3v) is 2.99. The molecule has 2 aliphatic rings. The molecule has 16 heavy (non-hydrogen) atoms. The first kappa shape index (κ1) is 11.2. The van der Waals surface area contributed by atoms with Gasteiger partial charge in [0.25, 0.3) is 0 Å². The zero-order valence-electron chi connectivity index (χ0n) is 9.86. The Bertz CT molecular complexity index is 387. The summed E-state index contributed by atoms with van der Waals surface area (Å²) in [4.78, 5) is 4.06. The molecule has 0 aromatic heterocycles. The van der Waals surface area contributed by atoms with E-state index in [1.165, 1.54) is 0 Å². The Balaban J connectivity index is 2.29. The Hall–Kier alpha value is -1.33. The van der Waals surface area contributed by atoms with E-state index < -0.39 is 11.1 Å². The highest BCUT2D eigenvalue weighted by Gasteiger charge is 2.42. The first-order valence-electron chi connectivity index (χ1n) is 5.32. The second-order valence-corrected chi connectivity index (χ2v) is 5.18. The predicted octanol–water partition coefficient (Wildman–Crippen LogP) is 0.310. The molecule has 1 atom stereocenters. The zero-order valence-corrected chi connectivity index (χ0v) is 9.86. The highest BCUT2D eigenvalue weighted by Crippen LogP contribution is 2.34. The molecule has 0 saturated heterocycles. The van der Waals surface area contributed by atoms with Gasteiger partial charge in [-0.1, -0.05) is 20.8 Å². The number of aliphatic hydroxyl groups is 1. The molecular weight excluding hydrogens is 204 g/mol. The number of nitrogens with two attached hydrogens (primary N) is 1. The van der Waals surface area contributed by atoms with Crippen LogP contribution < -0.4 is 11.2 Å². The van der Waals surface area contributed by atoms with Crippen molar-refractivity contribution in [2.45, 2.75) is 26.5 Å². The van der Waals surface area contributed by atoms with Crippen molar-refractivity contribution in [1.29, 1.82) is 0 Å². The van der Waals surface area contributed by atoms with Gasteiger partial charge in [-0.25, -0.2) is 0 Å². The monoisotopic (exact) mass is 222 g/mol. The van der Waals surface area contributed by atoms with E-state index in [9.17, 15) is 5.11 Å². The number of hydrazine groups is 1. The van der Waals surface area contributed by atoms with Crippen LogP contribution in [0.1, 0.15) is 20.8 Å². The molecular formula is C11H18N4O. The lowest BCUT2D eigenvalue weighted by Gasteiger charge is -2.38. The molecule has 2 aliphatic heterocycles. The van der Waals surface area contributed by atoms with E-state index in [-0.39, 0.29) is 0 Å². The first-order chi connectivity index (χ1) is 7.32. The number of rotatable bonds is 1. The standard InChI is InChI=1S/C11H18N4O/c1-10(2,3)11(12,16)9-6-8-7-13-4-5-15(8)14-9/h4,6-7,14,16H,5,12H2,1-3H3. The summed E-state index contributed by atoms with van der Waals surface area (Å²) in [6, 6.07) is 0. The molecule has 0 saturated carbocycles. The number of nitrogens with one attached hydrogen (secondary N) is 1. The lowest BCUT2D eigenvalue weighted by Crippen LogP contribution is -2.56. The molecule has 0 amide bonds. The molecule has 5 nitrogen and oxygen atoms in total. The Morgan fingerprint density at radius 3 is 2.75 bits per heavy atom. The van der Waals surface area contributed by atoms with Crippen molar-refractivity contribution < 1.29 is 5.11 Å². The van der Waals surface area contributed by atoms with Crippen LogP contribution in [0.5, 0.6) is 0 Å². The Morgan fingerprint density at radius 1 is 1.50 bits per heavy atom. The molecule has 88 valence electrons. The summed E-state index contributed by atoms with van der Waals surface area (Å²) in [5.74, 6) is 0. The van der Waals surface area contributed by atoms with E-state index in [2.05, 4.69) is 10.4 Å². The van der Waals surface area contributed by atoms with Crippen LogP contribution in [0.3, 0.4) is 0 Å². The van der Waals surface area contributed by atoms with Gasteiger partial charge in [0.05, 0.1) is 24.1 Å². The Labute approximate surface area is 95.3 Å². The van der Waals surface area contributed by atoms with Gasteiger partial charge in [0.2, 0.25) is 0 Å². The van der Waals surface area contributed by atoms with E-state index in [1.807, 2.05) is 31.9 Å². The summed E-state index contributed by atoms with van der Waals surface area (Å²) < 4.78 is 0. The number of allylic oxidation sites excluding steroid dienone is 1. The topological polar surface area (TPSA) is 73.9 Å². The van der Waals surface area contributed by atoms with Gasteiger partial charge in [-0.2, -0.15) is 0 Å². The summed E-state index contributed by atoms with van der Waals surface area (Å²) in [5, 5.41) is 12.2. The molecule has 0 aromatic rings. The number of nitrogens with zero attached hydrogens (tertiary/aromatic N) is 2. The average Bonchev–Trinajstić information content (AvgIpc) is 2.59. The predicted molar refractivity (Wildman–Crippen MR) is 63.1 cm³/mol. The number of hydrogen-bond acceptors (Lipinski definition) is 5. The zero-order chi connectivity index (χ0) is 12.0. The molecule has 2 heterocycles. The fourth-order valence-electron chi connectivity index (χ4n) is 1.58. The maximum Gasteiger partial charge on any atom is 0.160 e. The first-order valence-corrected chi connectivity index (χ1v) is 5.32. The quantitative estimate of drug-likeness (QED) is 0.558. The van der Waals surface area contributed by atoms with Crippen LogP contribution in [-0.2, 0) is 0 Å². The number of hydrogen-bond donors (Lipinski definition) is 3. The van der Waals surface area contributed by atoms with Crippen LogP contribution in [0, 0.1) is 5.41 Å². The summed E-state index contributed by atoms with van der Waals surface area (Å²) >= 11 is 0. The van der Waals surface area contributed by atoms with Crippen molar-refractivity contribution in [2.75, 3.05) is 6.54 Å². The lowest BCUT2D eigenvalue weighted by molar-refractivity contribution is -0.0280. The van der Waals surface area contributed by atoms with Crippen molar-refractivity contribution in [3.8, 4) is 0 Å². The van der Waals surface area contributed by atoms with Crippen LogP contribution in [0.2, 0.25) is 0 Å². The minimum atomic E-state index is -1.38. The summed E-state index contributed by atoms with van der Waals surface area (Å²) in [7, 11) is 0. The van der Waals surface area contributed by atoms with Crippen molar-refractivity contribution >= 4 is 6.21 Å². The molecule has 0 bridgehead atoms. The van der Waals surface area contributed by atoms with Gasteiger partial charge in [-0.3, -0.25) is 21.2 Å². The lowest BCUT2D eigenvalue weighted by atomic mass is 9.81. The summed E-state index contributed by atoms with van der Waals surface area (Å²) in [6.07, 6.45) is 5.37. The van der Waals surface area contributed by atoms with E-state index in [0.29, 0.717) is 12.2 Å². The second kappa shape index (κ2) is 3.33. The smallest absolute Gasteiger partial charge is 0.160 e. The van der Waals surface area contributed by atoms with Crippen molar-refractivity contribution in [1.82, 2.24) is 10.4 Å². The van der Waals surface area contributed by atoms with Crippen LogP contribution in [-0.4, -0.2) is 28.6 Å². The van der Waals surface area contributed by atoms with E-state index in [1.54, 1.807) is 12.4 Å². The summed E-state index contributed by atoms with van der Waals surface area (Å²) in [5.41, 5.74) is 8.79. The van der Waals surface area contributed by atoms with Crippen LogP contribution >= 0.6 is 0 Å². The van der Waals surface area contributed by atoms with Crippen LogP contribution in [0.4, 0.5) is 0 Å². The highest BCUT2D eigenvalue weighted by molar-refractivity contribution is 5.63. The van der Waals surface area contributed by atoms with Gasteiger partial charge in [0.1, 0.15) is 0 Å². The van der Waals surface area contributed by atoms with Crippen LogP contribution in [0.25, 0.3) is 0 Å². The maximum absolute atomic E-state index is 10.4. The molecule has 1 unspecified atom stereocenters. The van der Waals surface area contributed by atoms with E-state index in [0.717, 1.165) is 5.70 Å². The van der Waals surface area contributed by atoms with Gasteiger partial charge in [0, 0.05) is 11.6 Å². The normalized spacial score (nSPS) is 23.2. The second-order valence-electron chi connectivity index (χ2n) is 5.18. The molecule has 0 fully saturated rings. The number of aliphatic imine (C=N–C) groups is 1. The van der Waals surface area contributed by atoms with Gasteiger partial charge in [-0.15, -0.1) is 0 Å². The van der Waals surface area contributed by atoms with E-state index >= 15 is 0 Å². The summed E-state index contributed by atoms with van der Waals surface area (Å²) in [6.45, 7) is 6.37. The minimum absolute atomic E-state index is 0.443. The average molecular weight is 222 g/mol. The Morgan fingerprint density at radius 2 is 2.19 bits per heavy atom. The third kappa shape index (κ3) is 1.62. The van der Waals surface area contributed by atoms with Gasteiger partial charge in [0.15, 0.2) is 5.72 Å². The SMILES string of the molecule is CC(C)(C)C(N)(O)C1=CC2=CN=CCN2N1. The van der Waals surface area contributed by atoms with Gasteiger partial charge >= 0.3 is 0 Å². The molecule has 0 spiro atoms. The van der Waals surface area contributed by atoms with Crippen LogP contribution in [0.15, 0.2) is 28.7 Å². The molecule has 2 rings (SSSR count). The van der Waals surface area contributed by atoms with Crippen molar-refractivity contribution in [3.63, 3.8) is 0 Å². The molecule has 5 heteroatoms. The molecule has 0 radical (unpaired) electrons. The largest absolute Gasteiger partial charge is 0.370 e. The Kier molecular flexibility index (Phi) is 2.32. The third-order valence-electron chi connectivity index (χ3n) is 2.99. The molecule has 4 N–H and O–H groups in total. The maximum atomic E-state index is 10.4. The van der Waals surface area contributed by atoms with Gasteiger partial charge < -0.3 is 5.11 Å². The van der Waals surface area contributed by atoms with Gasteiger partial charge in [-0.05, 0) is 6.08 Å². The molecule has 0 aliphatic carbocycles. The van der Waals surface area contributed by atoms with Crippen molar-refractivity contribution in [3.05, 3.63) is 23.7 Å². The highest BCUT2D eigenvalue weighted by atomic mass is 16.3. The van der Waals surface area contributed by atoms with E-state index in [4.69, 9.17) is 5.73 Å². The minimum Gasteiger partial charge on any atom is -0.370 e. The number of fused-ring (bicyclic) bond motifs is 1. The molecule has 0 aromatic carbocycles.